The van der Waals surface area contributed by atoms with Crippen LogP contribution in [0.25, 0.3) is 21.6 Å². The maximum absolute atomic E-state index is 12.9. The van der Waals surface area contributed by atoms with Crippen LogP contribution in [0.1, 0.15) is 23.5 Å². The molecule has 3 aromatic rings. The molecule has 0 N–H and O–H groups in total. The minimum absolute atomic E-state index is 0.157. The molecule has 0 bridgehead atoms. The molecule has 0 aliphatic carbocycles. The molecule has 0 saturated carbocycles. The first kappa shape index (κ1) is 21.4. The summed E-state index contributed by atoms with van der Waals surface area (Å²) in [6.07, 6.45) is 4.25. The van der Waals surface area contributed by atoms with Gasteiger partial charge in [0.15, 0.2) is 5.01 Å². The molecule has 0 atom stereocenters. The highest BCUT2D eigenvalue weighted by Crippen LogP contribution is 2.24. The fourth-order valence-electron chi connectivity index (χ4n) is 4.61. The maximum Gasteiger partial charge on any atom is 0.228 e. The number of hydrogen-bond donors (Lipinski definition) is 0. The number of carbonyl (C=O) groups is 1. The van der Waals surface area contributed by atoms with E-state index in [0.29, 0.717) is 12.5 Å². The number of rotatable bonds is 4. The molecule has 32 heavy (non-hydrogen) atoms. The van der Waals surface area contributed by atoms with Crippen LogP contribution >= 0.6 is 11.3 Å². The van der Waals surface area contributed by atoms with Crippen LogP contribution in [-0.4, -0.2) is 93.1 Å². The van der Waals surface area contributed by atoms with Crippen LogP contribution in [0.2, 0.25) is 0 Å². The second-order valence-electron chi connectivity index (χ2n) is 8.82. The van der Waals surface area contributed by atoms with E-state index in [1.165, 1.54) is 11.3 Å². The van der Waals surface area contributed by atoms with E-state index in [1.54, 1.807) is 6.20 Å². The summed E-state index contributed by atoms with van der Waals surface area (Å²) in [6, 6.07) is 6.48. The van der Waals surface area contributed by atoms with Gasteiger partial charge in [0, 0.05) is 56.9 Å². The summed E-state index contributed by atoms with van der Waals surface area (Å²) in [4.78, 5) is 29.2. The number of fused-ring (bicyclic) bond motifs is 1. The van der Waals surface area contributed by atoms with E-state index in [9.17, 15) is 4.79 Å². The number of aromatic nitrogens is 4. The van der Waals surface area contributed by atoms with Gasteiger partial charge in [0.2, 0.25) is 5.91 Å². The van der Waals surface area contributed by atoms with Crippen LogP contribution in [0, 0.1) is 6.92 Å². The van der Waals surface area contributed by atoms with Crippen LogP contribution in [0.4, 0.5) is 0 Å². The molecule has 0 radical (unpaired) electrons. The van der Waals surface area contributed by atoms with Crippen molar-refractivity contribution in [3.05, 3.63) is 35.1 Å². The van der Waals surface area contributed by atoms with E-state index in [2.05, 4.69) is 32.0 Å². The third-order valence-electron chi connectivity index (χ3n) is 6.58. The Morgan fingerprint density at radius 2 is 1.88 bits per heavy atom. The van der Waals surface area contributed by atoms with E-state index in [0.717, 1.165) is 84.4 Å². The van der Waals surface area contributed by atoms with Gasteiger partial charge in [0.25, 0.3) is 0 Å². The van der Waals surface area contributed by atoms with Gasteiger partial charge in [0.1, 0.15) is 10.7 Å². The van der Waals surface area contributed by atoms with Crippen molar-refractivity contribution >= 4 is 28.1 Å². The van der Waals surface area contributed by atoms with Crippen molar-refractivity contribution in [3.8, 4) is 10.7 Å². The molecular formula is C23H29N7OS. The van der Waals surface area contributed by atoms with E-state index in [4.69, 9.17) is 4.98 Å². The number of amides is 1. The third kappa shape index (κ3) is 4.65. The Bertz CT molecular complexity index is 1100. The number of nitrogens with zero attached hydrogens (tertiary/aromatic N) is 7. The Labute approximate surface area is 192 Å². The fraction of sp³-hybridized carbons (Fsp3) is 0.522. The first-order valence-corrected chi connectivity index (χ1v) is 12.1. The van der Waals surface area contributed by atoms with Crippen LogP contribution in [0.15, 0.2) is 24.4 Å². The summed E-state index contributed by atoms with van der Waals surface area (Å²) in [7, 11) is 2.19. The van der Waals surface area contributed by atoms with Gasteiger partial charge >= 0.3 is 0 Å². The van der Waals surface area contributed by atoms with Crippen molar-refractivity contribution in [2.45, 2.75) is 32.2 Å². The second-order valence-corrected chi connectivity index (χ2v) is 10.0. The summed E-state index contributed by atoms with van der Waals surface area (Å²) >= 11 is 1.53. The topological polar surface area (TPSA) is 78.4 Å². The number of piperidine rings is 1. The third-order valence-corrected chi connectivity index (χ3v) is 7.44. The Morgan fingerprint density at radius 3 is 2.59 bits per heavy atom. The van der Waals surface area contributed by atoms with Crippen molar-refractivity contribution < 1.29 is 4.79 Å². The zero-order valence-corrected chi connectivity index (χ0v) is 19.5. The molecule has 8 nitrogen and oxygen atoms in total. The standard InChI is InChI=1S/C23H29N7OS/c1-16-26-27-23(32-16)20-4-3-17-15-24-18(13-21(17)25-20)14-22(31)30-7-5-19(6-8-30)29-11-9-28(2)10-12-29/h3-4,13,15,19H,5-12,14H2,1-2H3. The molecule has 2 fully saturated rings. The lowest BCUT2D eigenvalue weighted by molar-refractivity contribution is -0.132. The predicted octanol–water partition coefficient (Wildman–Crippen LogP) is 2.24. The van der Waals surface area contributed by atoms with Gasteiger partial charge < -0.3 is 9.80 Å². The van der Waals surface area contributed by atoms with Gasteiger partial charge in [0.05, 0.1) is 17.6 Å². The Morgan fingerprint density at radius 1 is 1.09 bits per heavy atom. The lowest BCUT2D eigenvalue weighted by Crippen LogP contribution is -2.53. The monoisotopic (exact) mass is 451 g/mol. The largest absolute Gasteiger partial charge is 0.342 e. The van der Waals surface area contributed by atoms with Crippen LogP contribution in [0.5, 0.6) is 0 Å². The molecule has 2 aliphatic heterocycles. The molecule has 0 unspecified atom stereocenters. The van der Waals surface area contributed by atoms with Crippen LogP contribution < -0.4 is 0 Å². The van der Waals surface area contributed by atoms with Gasteiger partial charge in [-0.2, -0.15) is 0 Å². The summed E-state index contributed by atoms with van der Waals surface area (Å²) < 4.78 is 0. The highest BCUT2D eigenvalue weighted by atomic mass is 32.1. The van der Waals surface area contributed by atoms with Gasteiger partial charge in [-0.3, -0.25) is 14.7 Å². The average molecular weight is 452 g/mol. The van der Waals surface area contributed by atoms with Crippen LogP contribution in [-0.2, 0) is 11.2 Å². The molecule has 0 spiro atoms. The minimum Gasteiger partial charge on any atom is -0.342 e. The number of carbonyl (C=O) groups excluding carboxylic acids is 1. The summed E-state index contributed by atoms with van der Waals surface area (Å²) in [5.41, 5.74) is 2.40. The van der Waals surface area contributed by atoms with Gasteiger partial charge in [-0.15, -0.1) is 10.2 Å². The zero-order valence-electron chi connectivity index (χ0n) is 18.7. The molecule has 5 rings (SSSR count). The van der Waals surface area contributed by atoms with E-state index < -0.39 is 0 Å². The van der Waals surface area contributed by atoms with Crippen molar-refractivity contribution in [2.24, 2.45) is 0 Å². The van der Waals surface area contributed by atoms with Crippen molar-refractivity contribution in [1.29, 1.82) is 0 Å². The number of likely N-dealkylation sites (tertiary alicyclic amines) is 1. The SMILES string of the molecule is Cc1nnc(-c2ccc3cnc(CC(=O)N4CCC(N5CCN(C)CC5)CC4)cc3n2)s1. The van der Waals surface area contributed by atoms with E-state index in [1.807, 2.05) is 30.0 Å². The Hall–Kier alpha value is -2.49. The number of pyridine rings is 2. The Kier molecular flexibility index (Phi) is 6.12. The molecule has 2 aliphatic rings. The molecule has 3 aromatic heterocycles. The lowest BCUT2D eigenvalue weighted by atomic mass is 10.0. The first-order chi connectivity index (χ1) is 15.5. The molecule has 2 saturated heterocycles. The number of aryl methyl sites for hydroxylation is 1. The predicted molar refractivity (Wildman–Crippen MR) is 126 cm³/mol. The number of piperazine rings is 1. The fourth-order valence-corrected chi connectivity index (χ4v) is 5.27. The molecule has 5 heterocycles. The average Bonchev–Trinajstić information content (AvgIpc) is 3.25. The van der Waals surface area contributed by atoms with E-state index in [-0.39, 0.29) is 5.91 Å². The van der Waals surface area contributed by atoms with E-state index >= 15 is 0 Å². The van der Waals surface area contributed by atoms with Crippen molar-refractivity contribution in [1.82, 2.24) is 34.9 Å². The lowest BCUT2D eigenvalue weighted by Gasteiger charge is -2.42. The summed E-state index contributed by atoms with van der Waals surface area (Å²) in [5.74, 6) is 0.157. The molecular weight excluding hydrogens is 422 g/mol. The number of likely N-dealkylation sites (N-methyl/N-ethyl adjacent to an activating group) is 1. The van der Waals surface area contributed by atoms with Gasteiger partial charge in [-0.05, 0) is 45.0 Å². The molecule has 0 aromatic carbocycles. The highest BCUT2D eigenvalue weighted by Gasteiger charge is 2.28. The van der Waals surface area contributed by atoms with Gasteiger partial charge in [-0.1, -0.05) is 11.3 Å². The maximum atomic E-state index is 12.9. The molecule has 168 valence electrons. The number of hydrogen-bond acceptors (Lipinski definition) is 8. The molecule has 1 amide bonds. The second kappa shape index (κ2) is 9.17. The quantitative estimate of drug-likeness (QED) is 0.602. The van der Waals surface area contributed by atoms with Crippen molar-refractivity contribution in [2.75, 3.05) is 46.3 Å². The molecule has 9 heteroatoms. The van der Waals surface area contributed by atoms with Gasteiger partial charge in [-0.25, -0.2) is 4.98 Å². The van der Waals surface area contributed by atoms with Crippen molar-refractivity contribution in [3.63, 3.8) is 0 Å². The minimum atomic E-state index is 0.157. The summed E-state index contributed by atoms with van der Waals surface area (Å²) in [5, 5.41) is 11.0. The Balaban J connectivity index is 1.22. The normalized spacial score (nSPS) is 19.0. The van der Waals surface area contributed by atoms with Crippen LogP contribution in [0.3, 0.4) is 0 Å². The first-order valence-electron chi connectivity index (χ1n) is 11.3. The summed E-state index contributed by atoms with van der Waals surface area (Å²) in [6.45, 7) is 8.17. The highest BCUT2D eigenvalue weighted by molar-refractivity contribution is 7.14. The smallest absolute Gasteiger partial charge is 0.228 e. The zero-order chi connectivity index (χ0) is 22.1.